The number of aryl methyl sites for hydroxylation is 1. The van der Waals surface area contributed by atoms with E-state index in [1.807, 2.05) is 29.8 Å². The molecule has 18 heavy (non-hydrogen) atoms. The summed E-state index contributed by atoms with van der Waals surface area (Å²) in [5.74, 6) is 0.866. The lowest BCUT2D eigenvalue weighted by atomic mass is 9.95. The highest BCUT2D eigenvalue weighted by molar-refractivity contribution is 9.10. The Morgan fingerprint density at radius 2 is 2.28 bits per heavy atom. The maximum absolute atomic E-state index is 6.54. The maximum Gasteiger partial charge on any atom is 0.149 e. The molecule has 2 aromatic rings. The Morgan fingerprint density at radius 1 is 1.50 bits per heavy atom. The average Bonchev–Trinajstić information content (AvgIpc) is 2.74. The number of hydrogen-bond acceptors (Lipinski definition) is 3. The minimum Gasteiger partial charge on any atom is -0.340 e. The minimum absolute atomic E-state index is 0.765. The van der Waals surface area contributed by atoms with Crippen LogP contribution in [0.4, 0.5) is 11.5 Å². The smallest absolute Gasteiger partial charge is 0.149 e. The molecule has 1 atom stereocenters. The molecule has 0 spiro atoms. The zero-order chi connectivity index (χ0) is 12.9. The van der Waals surface area contributed by atoms with E-state index in [-0.39, 0.29) is 0 Å². The summed E-state index contributed by atoms with van der Waals surface area (Å²) < 4.78 is 2.80. The number of nitrogens with zero attached hydrogens (tertiary/aromatic N) is 2. The summed E-state index contributed by atoms with van der Waals surface area (Å²) in [4.78, 5) is -1.05. The lowest BCUT2D eigenvalue weighted by Gasteiger charge is -2.31. The van der Waals surface area contributed by atoms with Crippen molar-refractivity contribution in [3.63, 3.8) is 0 Å². The van der Waals surface area contributed by atoms with Gasteiger partial charge in [-0.3, -0.25) is 0 Å². The van der Waals surface area contributed by atoms with Crippen molar-refractivity contribution in [2.24, 2.45) is 5.73 Å². The van der Waals surface area contributed by atoms with Gasteiger partial charge in [-0.2, -0.15) is 5.10 Å². The molecule has 1 aliphatic rings. The molecule has 4 nitrogen and oxygen atoms in total. The molecule has 1 aromatic heterocycles. The number of nitrogens with one attached hydrogen (secondary N) is 1. The van der Waals surface area contributed by atoms with Crippen molar-refractivity contribution in [2.75, 3.05) is 5.32 Å². The number of benzene rings is 1. The first kappa shape index (κ1) is 12.0. The van der Waals surface area contributed by atoms with Crippen molar-refractivity contribution in [1.29, 1.82) is 0 Å². The fourth-order valence-electron chi connectivity index (χ4n) is 2.22. The molecule has 0 saturated heterocycles. The Labute approximate surface area is 118 Å². The van der Waals surface area contributed by atoms with Crippen LogP contribution in [0.15, 0.2) is 28.9 Å². The maximum atomic E-state index is 6.54. The number of aromatic nitrogens is 2. The Bertz CT molecular complexity index is 621. The number of hydrogen-bond donors (Lipinski definition) is 2. The molecular weight excluding hydrogens is 316 g/mol. The third kappa shape index (κ3) is 1.58. The van der Waals surface area contributed by atoms with E-state index in [2.05, 4.69) is 26.3 Å². The predicted octanol–water partition coefficient (Wildman–Crippen LogP) is 3.12. The SMILES string of the molecule is CCn1ncc2c1Nc1ccc(Br)cc1C2(N)Cl. The van der Waals surface area contributed by atoms with Crippen molar-refractivity contribution >= 4 is 39.0 Å². The van der Waals surface area contributed by atoms with Gasteiger partial charge in [0.15, 0.2) is 0 Å². The van der Waals surface area contributed by atoms with Crippen molar-refractivity contribution in [1.82, 2.24) is 9.78 Å². The quantitative estimate of drug-likeness (QED) is 0.625. The van der Waals surface area contributed by atoms with E-state index in [9.17, 15) is 0 Å². The van der Waals surface area contributed by atoms with E-state index >= 15 is 0 Å². The summed E-state index contributed by atoms with van der Waals surface area (Å²) in [7, 11) is 0. The molecule has 3 rings (SSSR count). The van der Waals surface area contributed by atoms with E-state index < -0.39 is 5.00 Å². The highest BCUT2D eigenvalue weighted by Crippen LogP contribution is 2.45. The molecule has 0 fully saturated rings. The van der Waals surface area contributed by atoms with Gasteiger partial charge < -0.3 is 11.1 Å². The number of halogens is 2. The van der Waals surface area contributed by atoms with E-state index in [1.165, 1.54) is 0 Å². The number of anilines is 2. The second-order valence-electron chi connectivity index (χ2n) is 4.25. The third-order valence-corrected chi connectivity index (χ3v) is 4.06. The van der Waals surface area contributed by atoms with Crippen LogP contribution in [0.1, 0.15) is 18.1 Å². The standard InChI is InChI=1S/C12H12BrClN4/c1-2-18-11-9(6-16-18)12(14,15)8-5-7(13)3-4-10(8)17-11/h3-6,17H,2,15H2,1H3. The molecule has 0 radical (unpaired) electrons. The fraction of sp³-hybridized carbons (Fsp3) is 0.250. The Morgan fingerprint density at radius 3 is 3.00 bits per heavy atom. The molecular formula is C12H12BrClN4. The van der Waals surface area contributed by atoms with Crippen LogP contribution >= 0.6 is 27.5 Å². The van der Waals surface area contributed by atoms with Crippen LogP contribution in [0.2, 0.25) is 0 Å². The summed E-state index contributed by atoms with van der Waals surface area (Å²) in [6.45, 7) is 2.79. The lowest BCUT2D eigenvalue weighted by Crippen LogP contribution is -2.35. The van der Waals surface area contributed by atoms with Gasteiger partial charge in [0.2, 0.25) is 0 Å². The number of rotatable bonds is 1. The molecule has 0 amide bonds. The van der Waals surface area contributed by atoms with Gasteiger partial charge in [0.1, 0.15) is 10.8 Å². The lowest BCUT2D eigenvalue weighted by molar-refractivity contribution is 0.664. The van der Waals surface area contributed by atoms with E-state index in [1.54, 1.807) is 6.20 Å². The molecule has 6 heteroatoms. The third-order valence-electron chi connectivity index (χ3n) is 3.16. The fourth-order valence-corrected chi connectivity index (χ4v) is 2.88. The monoisotopic (exact) mass is 326 g/mol. The Hall–Kier alpha value is -1.04. The zero-order valence-electron chi connectivity index (χ0n) is 9.74. The highest BCUT2D eigenvalue weighted by Gasteiger charge is 2.38. The summed E-state index contributed by atoms with van der Waals surface area (Å²) in [5, 5.41) is 7.63. The number of alkyl halides is 1. The van der Waals surface area contributed by atoms with Gasteiger partial charge in [-0.25, -0.2) is 4.68 Å². The molecule has 1 aromatic carbocycles. The van der Waals surface area contributed by atoms with Gasteiger partial charge in [-0.1, -0.05) is 27.5 Å². The predicted molar refractivity (Wildman–Crippen MR) is 76.1 cm³/mol. The Balaban J connectivity index is 2.24. The van der Waals surface area contributed by atoms with Crippen molar-refractivity contribution in [2.45, 2.75) is 18.5 Å². The van der Waals surface area contributed by atoms with Gasteiger partial charge in [0.05, 0.1) is 11.8 Å². The van der Waals surface area contributed by atoms with Crippen molar-refractivity contribution < 1.29 is 0 Å². The number of fused-ring (bicyclic) bond motifs is 2. The van der Waals surface area contributed by atoms with E-state index in [0.29, 0.717) is 0 Å². The van der Waals surface area contributed by atoms with Crippen molar-refractivity contribution in [3.8, 4) is 0 Å². The second-order valence-corrected chi connectivity index (χ2v) is 5.76. The van der Waals surface area contributed by atoms with Crippen LogP contribution in [0, 0.1) is 0 Å². The topological polar surface area (TPSA) is 55.9 Å². The van der Waals surface area contributed by atoms with Crippen molar-refractivity contribution in [3.05, 3.63) is 40.0 Å². The van der Waals surface area contributed by atoms with E-state index in [0.717, 1.165) is 33.6 Å². The summed E-state index contributed by atoms with van der Waals surface area (Å²) in [6.07, 6.45) is 1.72. The van der Waals surface area contributed by atoms with Crippen LogP contribution in [0.3, 0.4) is 0 Å². The zero-order valence-corrected chi connectivity index (χ0v) is 12.1. The first-order valence-corrected chi connectivity index (χ1v) is 6.82. The molecule has 94 valence electrons. The normalized spacial score (nSPS) is 21.1. The molecule has 0 saturated carbocycles. The van der Waals surface area contributed by atoms with Crippen LogP contribution in [0.5, 0.6) is 0 Å². The molecule has 0 aliphatic carbocycles. The van der Waals surface area contributed by atoms with Gasteiger partial charge in [0.25, 0.3) is 0 Å². The van der Waals surface area contributed by atoms with Crippen LogP contribution in [-0.2, 0) is 11.5 Å². The van der Waals surface area contributed by atoms with E-state index in [4.69, 9.17) is 17.3 Å². The van der Waals surface area contributed by atoms with Gasteiger partial charge in [0, 0.05) is 22.3 Å². The van der Waals surface area contributed by atoms with Gasteiger partial charge in [-0.05, 0) is 25.1 Å². The van der Waals surface area contributed by atoms with Crippen LogP contribution in [-0.4, -0.2) is 9.78 Å². The summed E-state index contributed by atoms with van der Waals surface area (Å²) >= 11 is 9.98. The molecule has 1 aliphatic heterocycles. The first-order valence-electron chi connectivity index (χ1n) is 5.65. The minimum atomic E-state index is -1.05. The van der Waals surface area contributed by atoms with Gasteiger partial charge in [-0.15, -0.1) is 0 Å². The molecule has 1 unspecified atom stereocenters. The first-order chi connectivity index (χ1) is 8.54. The summed E-state index contributed by atoms with van der Waals surface area (Å²) in [6, 6.07) is 5.84. The average molecular weight is 328 g/mol. The highest BCUT2D eigenvalue weighted by atomic mass is 79.9. The number of nitrogens with two attached hydrogens (primary N) is 1. The summed E-state index contributed by atoms with van der Waals surface area (Å²) in [5.41, 5.74) is 8.86. The molecule has 2 heterocycles. The largest absolute Gasteiger partial charge is 0.340 e. The molecule has 0 bridgehead atoms. The van der Waals surface area contributed by atoms with Crippen LogP contribution < -0.4 is 11.1 Å². The second kappa shape index (κ2) is 3.98. The van der Waals surface area contributed by atoms with Crippen LogP contribution in [0.25, 0.3) is 0 Å². The Kier molecular flexibility index (Phi) is 2.66. The van der Waals surface area contributed by atoms with Gasteiger partial charge >= 0.3 is 0 Å². The molecule has 3 N–H and O–H groups in total.